The Kier molecular flexibility index (Phi) is 5.57. The minimum absolute atomic E-state index is 0.0328. The Balaban J connectivity index is 1.80. The van der Waals surface area contributed by atoms with Crippen molar-refractivity contribution in [3.63, 3.8) is 0 Å². The second kappa shape index (κ2) is 7.23. The molecule has 2 heterocycles. The van der Waals surface area contributed by atoms with Gasteiger partial charge in [-0.3, -0.25) is 4.79 Å². The number of hydrogen-bond donors (Lipinski definition) is 0. The van der Waals surface area contributed by atoms with Crippen molar-refractivity contribution in [1.82, 2.24) is 9.47 Å². The third-order valence-electron chi connectivity index (χ3n) is 4.37. The zero-order valence-electron chi connectivity index (χ0n) is 14.5. The molecular formula is C17H21BrCl2N2O2Si. The summed E-state index contributed by atoms with van der Waals surface area (Å²) in [6.45, 7) is 9.25. The van der Waals surface area contributed by atoms with E-state index in [2.05, 4.69) is 35.6 Å². The van der Waals surface area contributed by atoms with Gasteiger partial charge in [0.15, 0.2) is 0 Å². The summed E-state index contributed by atoms with van der Waals surface area (Å²) in [5.41, 5.74) is 1.43. The van der Waals surface area contributed by atoms with Crippen LogP contribution in [0.5, 0.6) is 0 Å². The van der Waals surface area contributed by atoms with Gasteiger partial charge in [-0.1, -0.05) is 58.8 Å². The molecule has 136 valence electrons. The number of ether oxygens (including phenoxy) is 1. The van der Waals surface area contributed by atoms with Gasteiger partial charge >= 0.3 is 0 Å². The number of hydrogen-bond acceptors (Lipinski definition) is 2. The molecule has 1 amide bonds. The van der Waals surface area contributed by atoms with Crippen LogP contribution >= 0.6 is 39.1 Å². The van der Waals surface area contributed by atoms with E-state index < -0.39 is 8.07 Å². The van der Waals surface area contributed by atoms with Crippen molar-refractivity contribution in [2.45, 2.75) is 32.2 Å². The molecule has 0 aliphatic carbocycles. The van der Waals surface area contributed by atoms with E-state index in [-0.39, 0.29) is 5.91 Å². The quantitative estimate of drug-likeness (QED) is 0.334. The van der Waals surface area contributed by atoms with E-state index in [9.17, 15) is 4.79 Å². The zero-order valence-corrected chi connectivity index (χ0v) is 18.6. The van der Waals surface area contributed by atoms with Crippen molar-refractivity contribution >= 4 is 64.0 Å². The van der Waals surface area contributed by atoms with E-state index in [4.69, 9.17) is 27.9 Å². The lowest BCUT2D eigenvalue weighted by molar-refractivity contribution is 0.0222. The number of halogens is 3. The maximum atomic E-state index is 12.8. The van der Waals surface area contributed by atoms with Crippen LogP contribution < -0.4 is 0 Å². The van der Waals surface area contributed by atoms with Crippen molar-refractivity contribution < 1.29 is 9.53 Å². The topological polar surface area (TPSA) is 34.5 Å². The number of aromatic nitrogens is 1. The SMILES string of the molecule is C[Si](C)(C)CCOCN1CCn2c(cc3c(Br)cc(Cl)c(Cl)c32)C1=O. The summed E-state index contributed by atoms with van der Waals surface area (Å²) in [5.74, 6) is -0.0328. The van der Waals surface area contributed by atoms with Gasteiger partial charge in [0.2, 0.25) is 0 Å². The molecule has 0 atom stereocenters. The first-order valence-corrected chi connectivity index (χ1v) is 13.5. The Morgan fingerprint density at radius 1 is 1.24 bits per heavy atom. The highest BCUT2D eigenvalue weighted by Gasteiger charge is 2.28. The highest BCUT2D eigenvalue weighted by Crippen LogP contribution is 2.39. The Bertz CT molecular complexity index is 832. The molecule has 1 aromatic heterocycles. The Morgan fingerprint density at radius 3 is 2.64 bits per heavy atom. The number of fused-ring (bicyclic) bond motifs is 3. The van der Waals surface area contributed by atoms with Crippen LogP contribution in [0.4, 0.5) is 0 Å². The lowest BCUT2D eigenvalue weighted by Gasteiger charge is -2.29. The second-order valence-electron chi connectivity index (χ2n) is 7.51. The fraction of sp³-hybridized carbons (Fsp3) is 0.471. The Hall–Kier alpha value is -0.533. The largest absolute Gasteiger partial charge is 0.361 e. The van der Waals surface area contributed by atoms with Gasteiger partial charge in [-0.15, -0.1) is 0 Å². The number of amides is 1. The number of rotatable bonds is 5. The maximum absolute atomic E-state index is 12.8. The summed E-state index contributed by atoms with van der Waals surface area (Å²) in [6.07, 6.45) is 0. The predicted octanol–water partition coefficient (Wildman–Crippen LogP) is 5.48. The third-order valence-corrected chi connectivity index (χ3v) is 7.51. The van der Waals surface area contributed by atoms with Gasteiger partial charge in [-0.2, -0.15) is 0 Å². The summed E-state index contributed by atoms with van der Waals surface area (Å²) in [4.78, 5) is 14.6. The molecule has 0 saturated heterocycles. The van der Waals surface area contributed by atoms with Crippen molar-refractivity contribution in [3.05, 3.63) is 32.3 Å². The zero-order chi connectivity index (χ0) is 18.4. The first-order chi connectivity index (χ1) is 11.7. The van der Waals surface area contributed by atoms with Crippen molar-refractivity contribution in [2.24, 2.45) is 0 Å². The van der Waals surface area contributed by atoms with E-state index in [0.717, 1.165) is 21.4 Å². The highest BCUT2D eigenvalue weighted by atomic mass is 79.9. The summed E-state index contributed by atoms with van der Waals surface area (Å²) < 4.78 is 8.54. The van der Waals surface area contributed by atoms with Crippen LogP contribution in [0.3, 0.4) is 0 Å². The first-order valence-electron chi connectivity index (χ1n) is 8.23. The van der Waals surface area contributed by atoms with Crippen LogP contribution in [0.1, 0.15) is 10.5 Å². The molecule has 25 heavy (non-hydrogen) atoms. The molecule has 0 unspecified atom stereocenters. The molecule has 0 spiro atoms. The fourth-order valence-electron chi connectivity index (χ4n) is 2.90. The first kappa shape index (κ1) is 19.2. The lowest BCUT2D eigenvalue weighted by Crippen LogP contribution is -2.41. The monoisotopic (exact) mass is 462 g/mol. The average Bonchev–Trinajstić information content (AvgIpc) is 2.91. The van der Waals surface area contributed by atoms with Crippen LogP contribution in [0.2, 0.25) is 35.7 Å². The number of carbonyl (C=O) groups is 1. The molecule has 0 N–H and O–H groups in total. The van der Waals surface area contributed by atoms with Crippen LogP contribution in [0, 0.1) is 0 Å². The lowest BCUT2D eigenvalue weighted by atomic mass is 10.2. The molecule has 0 fully saturated rings. The summed E-state index contributed by atoms with van der Waals surface area (Å²) in [6, 6.07) is 4.73. The van der Waals surface area contributed by atoms with Crippen LogP contribution in [-0.4, -0.2) is 43.3 Å². The van der Waals surface area contributed by atoms with Crippen molar-refractivity contribution in [2.75, 3.05) is 19.9 Å². The number of nitrogens with zero attached hydrogens (tertiary/aromatic N) is 2. The van der Waals surface area contributed by atoms with E-state index >= 15 is 0 Å². The smallest absolute Gasteiger partial charge is 0.272 e. The normalized spacial score (nSPS) is 15.1. The molecule has 2 aromatic rings. The van der Waals surface area contributed by atoms with Crippen LogP contribution in [0.25, 0.3) is 10.9 Å². The van der Waals surface area contributed by atoms with E-state index in [1.165, 1.54) is 0 Å². The van der Waals surface area contributed by atoms with Gasteiger partial charge in [-0.25, -0.2) is 0 Å². The average molecular weight is 464 g/mol. The summed E-state index contributed by atoms with van der Waals surface area (Å²) in [7, 11) is -1.12. The standard InChI is InChI=1S/C17H21BrCl2N2O2Si/c1-25(2,3)7-6-24-10-21-4-5-22-14(17(21)23)8-11-12(18)9-13(19)15(20)16(11)22/h8-9H,4-7,10H2,1-3H3. The number of benzene rings is 1. The van der Waals surface area contributed by atoms with E-state index in [1.807, 2.05) is 10.6 Å². The Morgan fingerprint density at radius 2 is 1.96 bits per heavy atom. The van der Waals surface area contributed by atoms with Crippen molar-refractivity contribution in [3.8, 4) is 0 Å². The molecule has 0 bridgehead atoms. The fourth-order valence-corrected chi connectivity index (χ4v) is 4.78. The van der Waals surface area contributed by atoms with Gasteiger partial charge in [0, 0.05) is 37.6 Å². The molecule has 3 rings (SSSR count). The molecule has 4 nitrogen and oxygen atoms in total. The van der Waals surface area contributed by atoms with Gasteiger partial charge < -0.3 is 14.2 Å². The third kappa shape index (κ3) is 3.93. The van der Waals surface area contributed by atoms with Gasteiger partial charge in [-0.05, 0) is 18.2 Å². The summed E-state index contributed by atoms with van der Waals surface area (Å²) >= 11 is 16.1. The van der Waals surface area contributed by atoms with Gasteiger partial charge in [0.1, 0.15) is 12.4 Å². The molecule has 8 heteroatoms. The van der Waals surface area contributed by atoms with Crippen LogP contribution in [0.15, 0.2) is 16.6 Å². The molecule has 1 aliphatic heterocycles. The number of carbonyl (C=O) groups excluding carboxylic acids is 1. The molecular weight excluding hydrogens is 443 g/mol. The predicted molar refractivity (Wildman–Crippen MR) is 110 cm³/mol. The summed E-state index contributed by atoms with van der Waals surface area (Å²) in [5, 5.41) is 1.87. The Labute approximate surface area is 167 Å². The molecule has 1 aromatic carbocycles. The van der Waals surface area contributed by atoms with E-state index in [0.29, 0.717) is 42.2 Å². The minimum Gasteiger partial charge on any atom is -0.361 e. The minimum atomic E-state index is -1.12. The van der Waals surface area contributed by atoms with Crippen molar-refractivity contribution in [1.29, 1.82) is 0 Å². The maximum Gasteiger partial charge on any atom is 0.272 e. The van der Waals surface area contributed by atoms with Gasteiger partial charge in [0.25, 0.3) is 5.91 Å². The van der Waals surface area contributed by atoms with Gasteiger partial charge in [0.05, 0.1) is 15.6 Å². The molecule has 1 aliphatic rings. The van der Waals surface area contributed by atoms with E-state index in [1.54, 1.807) is 11.0 Å². The highest BCUT2D eigenvalue weighted by molar-refractivity contribution is 9.10. The molecule has 0 saturated carbocycles. The second-order valence-corrected chi connectivity index (χ2v) is 14.8. The molecule has 0 radical (unpaired) electrons. The van der Waals surface area contributed by atoms with Crippen LogP contribution in [-0.2, 0) is 11.3 Å².